The maximum absolute atomic E-state index is 13.6. The Kier molecular flexibility index (Phi) is 7.25. The zero-order chi connectivity index (χ0) is 23.4. The maximum Gasteiger partial charge on any atom is 0.267 e. The molecule has 0 aliphatic heterocycles. The number of thiophene rings is 1. The van der Waals surface area contributed by atoms with Gasteiger partial charge in [0.05, 0.1) is 16.8 Å². The minimum absolute atomic E-state index is 0.109. The van der Waals surface area contributed by atoms with E-state index in [0.717, 1.165) is 28.8 Å². The van der Waals surface area contributed by atoms with Crippen molar-refractivity contribution in [1.82, 2.24) is 14.9 Å². The number of halogens is 1. The summed E-state index contributed by atoms with van der Waals surface area (Å²) in [6.45, 7) is 4.48. The molecule has 2 heterocycles. The normalized spacial score (nSPS) is 11.1. The van der Waals surface area contributed by atoms with Crippen LogP contribution in [0.2, 0.25) is 0 Å². The molecule has 0 atom stereocenters. The fourth-order valence-corrected chi connectivity index (χ4v) is 5.73. The summed E-state index contributed by atoms with van der Waals surface area (Å²) in [6.07, 6.45) is 1.86. The van der Waals surface area contributed by atoms with Crippen LogP contribution >= 0.6 is 23.1 Å². The highest BCUT2D eigenvalue weighted by molar-refractivity contribution is 7.99. The third-order valence-corrected chi connectivity index (χ3v) is 7.44. The van der Waals surface area contributed by atoms with Gasteiger partial charge in [-0.25, -0.2) is 9.37 Å². The molecule has 0 unspecified atom stereocenters. The van der Waals surface area contributed by atoms with Gasteiger partial charge in [-0.3, -0.25) is 14.2 Å². The first-order chi connectivity index (χ1) is 16.0. The van der Waals surface area contributed by atoms with Crippen LogP contribution in [0.1, 0.15) is 29.3 Å². The van der Waals surface area contributed by atoms with Gasteiger partial charge in [0.15, 0.2) is 5.16 Å². The smallest absolute Gasteiger partial charge is 0.267 e. The van der Waals surface area contributed by atoms with E-state index in [1.807, 2.05) is 37.3 Å². The fourth-order valence-electron chi connectivity index (χ4n) is 3.57. The van der Waals surface area contributed by atoms with Gasteiger partial charge in [0.1, 0.15) is 10.6 Å². The van der Waals surface area contributed by atoms with Crippen molar-refractivity contribution in [2.75, 3.05) is 5.75 Å². The van der Waals surface area contributed by atoms with Crippen LogP contribution in [-0.2, 0) is 17.8 Å². The summed E-state index contributed by atoms with van der Waals surface area (Å²) < 4.78 is 15.0. The predicted octanol–water partition coefficient (Wildman–Crippen LogP) is 5.26. The summed E-state index contributed by atoms with van der Waals surface area (Å²) >= 11 is 2.73. The third kappa shape index (κ3) is 5.17. The first kappa shape index (κ1) is 23.2. The third-order valence-electron chi connectivity index (χ3n) is 5.26. The number of fused-ring (bicyclic) bond motifs is 1. The number of amides is 1. The van der Waals surface area contributed by atoms with Crippen molar-refractivity contribution < 1.29 is 9.18 Å². The summed E-state index contributed by atoms with van der Waals surface area (Å²) in [4.78, 5) is 32.6. The summed E-state index contributed by atoms with van der Waals surface area (Å²) in [5.41, 5.74) is 2.28. The SMILES string of the molecule is CCCc1sc2nc(SCC(=O)NCc3ccccc3)n(-c3ccc(F)cc3)c(=O)c2c1C. The number of rotatable bonds is 8. The molecule has 0 saturated carbocycles. The van der Waals surface area contributed by atoms with E-state index in [0.29, 0.717) is 27.6 Å². The van der Waals surface area contributed by atoms with Crippen molar-refractivity contribution in [2.24, 2.45) is 0 Å². The summed E-state index contributed by atoms with van der Waals surface area (Å²) in [5, 5.41) is 3.90. The summed E-state index contributed by atoms with van der Waals surface area (Å²) in [6, 6.07) is 15.4. The summed E-state index contributed by atoms with van der Waals surface area (Å²) in [5.74, 6) is -0.428. The molecule has 0 spiro atoms. The van der Waals surface area contributed by atoms with Gasteiger partial charge < -0.3 is 5.32 Å². The standard InChI is InChI=1S/C25H24FN3O2S2/c1-3-7-20-16(2)22-23(33-20)28-25(29(24(22)31)19-12-10-18(26)11-13-19)32-15-21(30)27-14-17-8-5-4-6-9-17/h4-6,8-13H,3,7,14-15H2,1-2H3,(H,27,30). The van der Waals surface area contributed by atoms with Gasteiger partial charge in [-0.2, -0.15) is 0 Å². The van der Waals surface area contributed by atoms with Crippen LogP contribution in [0.4, 0.5) is 4.39 Å². The van der Waals surface area contributed by atoms with Crippen LogP contribution in [0.3, 0.4) is 0 Å². The van der Waals surface area contributed by atoms with Crippen LogP contribution in [0.25, 0.3) is 15.9 Å². The maximum atomic E-state index is 13.6. The number of hydrogen-bond donors (Lipinski definition) is 1. The number of carbonyl (C=O) groups is 1. The molecule has 0 radical (unpaired) electrons. The molecule has 0 bridgehead atoms. The second-order valence-electron chi connectivity index (χ2n) is 7.64. The Morgan fingerprint density at radius 2 is 1.88 bits per heavy atom. The van der Waals surface area contributed by atoms with Crippen molar-refractivity contribution in [1.29, 1.82) is 0 Å². The van der Waals surface area contributed by atoms with Gasteiger partial charge in [0.2, 0.25) is 5.91 Å². The molecule has 0 aliphatic carbocycles. The Hall–Kier alpha value is -2.97. The van der Waals surface area contributed by atoms with Crippen LogP contribution in [0.15, 0.2) is 64.5 Å². The minimum atomic E-state index is -0.382. The number of nitrogens with zero attached hydrogens (tertiary/aromatic N) is 2. The zero-order valence-electron chi connectivity index (χ0n) is 18.4. The van der Waals surface area contributed by atoms with Crippen LogP contribution in [0.5, 0.6) is 0 Å². The Morgan fingerprint density at radius 3 is 2.58 bits per heavy atom. The van der Waals surface area contributed by atoms with E-state index in [1.54, 1.807) is 12.1 Å². The van der Waals surface area contributed by atoms with Gasteiger partial charge in [-0.15, -0.1) is 11.3 Å². The van der Waals surface area contributed by atoms with Gasteiger partial charge in [-0.05, 0) is 48.7 Å². The fraction of sp³-hybridized carbons (Fsp3) is 0.240. The lowest BCUT2D eigenvalue weighted by Gasteiger charge is -2.12. The second kappa shape index (κ2) is 10.3. The van der Waals surface area contributed by atoms with Gasteiger partial charge in [-0.1, -0.05) is 55.4 Å². The molecule has 33 heavy (non-hydrogen) atoms. The first-order valence-electron chi connectivity index (χ1n) is 10.7. The van der Waals surface area contributed by atoms with Crippen molar-refractivity contribution in [3.05, 3.63) is 86.8 Å². The number of nitrogens with one attached hydrogen (secondary N) is 1. The van der Waals surface area contributed by atoms with Crippen molar-refractivity contribution in [3.8, 4) is 5.69 Å². The van der Waals surface area contributed by atoms with Crippen LogP contribution in [-0.4, -0.2) is 21.2 Å². The van der Waals surface area contributed by atoms with E-state index < -0.39 is 0 Å². The number of hydrogen-bond acceptors (Lipinski definition) is 5. The average molecular weight is 482 g/mol. The molecular weight excluding hydrogens is 457 g/mol. The molecule has 0 aliphatic rings. The molecule has 170 valence electrons. The first-order valence-corrected chi connectivity index (χ1v) is 12.5. The van der Waals surface area contributed by atoms with Crippen molar-refractivity contribution >= 4 is 39.2 Å². The molecule has 0 saturated heterocycles. The van der Waals surface area contributed by atoms with E-state index in [2.05, 4.69) is 12.2 Å². The van der Waals surface area contributed by atoms with Gasteiger partial charge in [0, 0.05) is 11.4 Å². The number of aryl methyl sites for hydroxylation is 2. The lowest BCUT2D eigenvalue weighted by Crippen LogP contribution is -2.26. The van der Waals surface area contributed by atoms with Gasteiger partial charge in [0.25, 0.3) is 5.56 Å². The second-order valence-corrected chi connectivity index (χ2v) is 9.67. The Morgan fingerprint density at radius 1 is 1.15 bits per heavy atom. The molecule has 5 nitrogen and oxygen atoms in total. The van der Waals surface area contributed by atoms with E-state index in [-0.39, 0.29) is 23.0 Å². The Balaban J connectivity index is 1.66. The zero-order valence-corrected chi connectivity index (χ0v) is 20.1. The monoisotopic (exact) mass is 481 g/mol. The lowest BCUT2D eigenvalue weighted by molar-refractivity contribution is -0.118. The van der Waals surface area contributed by atoms with E-state index in [9.17, 15) is 14.0 Å². The van der Waals surface area contributed by atoms with Gasteiger partial charge >= 0.3 is 0 Å². The Labute approximate surface area is 199 Å². The number of carbonyl (C=O) groups excluding carboxylic acids is 1. The number of aromatic nitrogens is 2. The van der Waals surface area contributed by atoms with Crippen molar-refractivity contribution in [3.63, 3.8) is 0 Å². The highest BCUT2D eigenvalue weighted by Crippen LogP contribution is 2.31. The average Bonchev–Trinajstić information content (AvgIpc) is 3.13. The minimum Gasteiger partial charge on any atom is -0.351 e. The molecule has 2 aromatic carbocycles. The van der Waals surface area contributed by atoms with Crippen LogP contribution < -0.4 is 10.9 Å². The highest BCUT2D eigenvalue weighted by atomic mass is 32.2. The largest absolute Gasteiger partial charge is 0.351 e. The molecule has 4 rings (SSSR count). The lowest BCUT2D eigenvalue weighted by atomic mass is 10.1. The molecule has 1 amide bonds. The number of benzene rings is 2. The predicted molar refractivity (Wildman–Crippen MR) is 133 cm³/mol. The quantitative estimate of drug-likeness (QED) is 0.276. The van der Waals surface area contributed by atoms with Crippen molar-refractivity contribution in [2.45, 2.75) is 38.4 Å². The molecule has 4 aromatic rings. The topological polar surface area (TPSA) is 64.0 Å². The van der Waals surface area contributed by atoms with E-state index >= 15 is 0 Å². The molecule has 1 N–H and O–H groups in total. The summed E-state index contributed by atoms with van der Waals surface area (Å²) in [7, 11) is 0. The number of thioether (sulfide) groups is 1. The highest BCUT2D eigenvalue weighted by Gasteiger charge is 2.19. The molecular formula is C25H24FN3O2S2. The Bertz CT molecular complexity index is 1330. The van der Waals surface area contributed by atoms with E-state index in [1.165, 1.54) is 39.8 Å². The van der Waals surface area contributed by atoms with E-state index in [4.69, 9.17) is 4.98 Å². The van der Waals surface area contributed by atoms with Crippen LogP contribution in [0, 0.1) is 12.7 Å². The molecule has 2 aromatic heterocycles. The molecule has 0 fully saturated rings. The molecule has 8 heteroatoms.